The lowest BCUT2D eigenvalue weighted by molar-refractivity contribution is -0.154. The second kappa shape index (κ2) is 9.46. The summed E-state index contributed by atoms with van der Waals surface area (Å²) >= 11 is 6.17. The fraction of sp³-hybridized carbons (Fsp3) is 0.333. The number of esters is 1. The Bertz CT molecular complexity index is 840. The van der Waals surface area contributed by atoms with Crippen molar-refractivity contribution in [1.82, 2.24) is 5.32 Å². The molecular weight excluding hydrogens is 382 g/mol. The van der Waals surface area contributed by atoms with E-state index in [0.29, 0.717) is 48.3 Å². The molecule has 7 heteroatoms. The average molecular weight is 404 g/mol. The van der Waals surface area contributed by atoms with E-state index in [1.165, 1.54) is 0 Å². The van der Waals surface area contributed by atoms with Crippen LogP contribution in [0.4, 0.5) is 0 Å². The quantitative estimate of drug-likeness (QED) is 0.719. The lowest BCUT2D eigenvalue weighted by Gasteiger charge is -2.20. The summed E-state index contributed by atoms with van der Waals surface area (Å²) in [5.74, 6) is 0.146. The Morgan fingerprint density at radius 3 is 2.68 bits per heavy atom. The number of ether oxygens (including phenoxy) is 3. The zero-order valence-electron chi connectivity index (χ0n) is 15.6. The van der Waals surface area contributed by atoms with Gasteiger partial charge >= 0.3 is 5.97 Å². The molecule has 0 fully saturated rings. The molecule has 1 aliphatic rings. The molecule has 1 aliphatic heterocycles. The summed E-state index contributed by atoms with van der Waals surface area (Å²) in [6, 6.07) is 13.2. The Hall–Kier alpha value is -2.73. The standard InChI is InChI=1S/C21H22ClNO5/c1-14(21(25)23-8-7-15-5-3-2-4-6-15)28-19(24)13-16-11-17(22)20-18(12-16)26-9-10-27-20/h2-6,11-12,14H,7-10,13H2,1H3,(H,23,25). The van der Waals surface area contributed by atoms with E-state index < -0.39 is 12.1 Å². The van der Waals surface area contributed by atoms with Gasteiger partial charge in [0, 0.05) is 6.54 Å². The molecule has 0 aromatic heterocycles. The second-order valence-electron chi connectivity index (χ2n) is 6.44. The van der Waals surface area contributed by atoms with Crippen LogP contribution in [-0.4, -0.2) is 37.7 Å². The van der Waals surface area contributed by atoms with Crippen molar-refractivity contribution < 1.29 is 23.8 Å². The second-order valence-corrected chi connectivity index (χ2v) is 6.84. The molecule has 2 aromatic rings. The van der Waals surface area contributed by atoms with Gasteiger partial charge in [0.15, 0.2) is 17.6 Å². The van der Waals surface area contributed by atoms with E-state index >= 15 is 0 Å². The SMILES string of the molecule is CC(OC(=O)Cc1cc(Cl)c2c(c1)OCCO2)C(=O)NCCc1ccccc1. The third kappa shape index (κ3) is 5.39. The van der Waals surface area contributed by atoms with Gasteiger partial charge in [-0.2, -0.15) is 0 Å². The largest absolute Gasteiger partial charge is 0.486 e. The fourth-order valence-electron chi connectivity index (χ4n) is 2.84. The van der Waals surface area contributed by atoms with Crippen LogP contribution in [-0.2, 0) is 27.2 Å². The number of amides is 1. The van der Waals surface area contributed by atoms with Crippen LogP contribution < -0.4 is 14.8 Å². The number of rotatable bonds is 7. The van der Waals surface area contributed by atoms with Gasteiger partial charge in [0.25, 0.3) is 5.91 Å². The highest BCUT2D eigenvalue weighted by Gasteiger charge is 2.20. The van der Waals surface area contributed by atoms with Crippen molar-refractivity contribution in [1.29, 1.82) is 0 Å². The molecule has 3 rings (SSSR count). The van der Waals surface area contributed by atoms with Crippen LogP contribution in [0.15, 0.2) is 42.5 Å². The molecule has 2 aromatic carbocycles. The first-order valence-electron chi connectivity index (χ1n) is 9.12. The molecule has 1 heterocycles. The molecule has 1 amide bonds. The Morgan fingerprint density at radius 1 is 1.14 bits per heavy atom. The number of carbonyl (C=O) groups is 2. The van der Waals surface area contributed by atoms with Crippen molar-refractivity contribution >= 4 is 23.5 Å². The van der Waals surface area contributed by atoms with Crippen LogP contribution in [0.25, 0.3) is 0 Å². The molecule has 0 bridgehead atoms. The maximum Gasteiger partial charge on any atom is 0.311 e. The molecule has 0 saturated carbocycles. The van der Waals surface area contributed by atoms with Crippen molar-refractivity contribution in [3.63, 3.8) is 0 Å². The third-order valence-corrected chi connectivity index (χ3v) is 4.52. The van der Waals surface area contributed by atoms with Crippen LogP contribution in [0, 0.1) is 0 Å². The summed E-state index contributed by atoms with van der Waals surface area (Å²) in [5, 5.41) is 3.16. The molecule has 0 radical (unpaired) electrons. The minimum atomic E-state index is -0.879. The molecule has 6 nitrogen and oxygen atoms in total. The van der Waals surface area contributed by atoms with Crippen LogP contribution in [0.3, 0.4) is 0 Å². The lowest BCUT2D eigenvalue weighted by atomic mass is 10.1. The first kappa shape index (κ1) is 20.0. The highest BCUT2D eigenvalue weighted by atomic mass is 35.5. The monoisotopic (exact) mass is 403 g/mol. The van der Waals surface area contributed by atoms with Gasteiger partial charge in [0.2, 0.25) is 0 Å². The van der Waals surface area contributed by atoms with Gasteiger partial charge in [0.05, 0.1) is 11.4 Å². The van der Waals surface area contributed by atoms with Crippen molar-refractivity contribution in [2.45, 2.75) is 25.9 Å². The summed E-state index contributed by atoms with van der Waals surface area (Å²) in [7, 11) is 0. The van der Waals surface area contributed by atoms with Crippen LogP contribution in [0.5, 0.6) is 11.5 Å². The predicted molar refractivity (Wildman–Crippen MR) is 105 cm³/mol. The highest BCUT2D eigenvalue weighted by molar-refractivity contribution is 6.32. The van der Waals surface area contributed by atoms with E-state index in [2.05, 4.69) is 5.32 Å². The number of hydrogen-bond acceptors (Lipinski definition) is 5. The molecule has 1 N–H and O–H groups in total. The first-order chi connectivity index (χ1) is 13.5. The number of hydrogen-bond donors (Lipinski definition) is 1. The Labute approximate surface area is 168 Å². The minimum absolute atomic E-state index is 0.0159. The van der Waals surface area contributed by atoms with E-state index in [4.69, 9.17) is 25.8 Å². The highest BCUT2D eigenvalue weighted by Crippen LogP contribution is 2.38. The summed E-state index contributed by atoms with van der Waals surface area (Å²) in [5.41, 5.74) is 1.76. The van der Waals surface area contributed by atoms with Gasteiger partial charge in [-0.1, -0.05) is 41.9 Å². The van der Waals surface area contributed by atoms with E-state index in [1.54, 1.807) is 19.1 Å². The number of carbonyl (C=O) groups excluding carboxylic acids is 2. The van der Waals surface area contributed by atoms with Gasteiger partial charge in [0.1, 0.15) is 13.2 Å². The van der Waals surface area contributed by atoms with Crippen LogP contribution in [0.2, 0.25) is 5.02 Å². The van der Waals surface area contributed by atoms with Crippen molar-refractivity contribution in [2.75, 3.05) is 19.8 Å². The Balaban J connectivity index is 1.47. The van der Waals surface area contributed by atoms with Crippen LogP contribution >= 0.6 is 11.6 Å². The molecule has 148 valence electrons. The summed E-state index contributed by atoms with van der Waals surface area (Å²) < 4.78 is 16.2. The van der Waals surface area contributed by atoms with Gasteiger partial charge < -0.3 is 19.5 Å². The number of fused-ring (bicyclic) bond motifs is 1. The number of halogens is 1. The number of nitrogens with one attached hydrogen (secondary N) is 1. The maximum absolute atomic E-state index is 12.2. The molecule has 0 aliphatic carbocycles. The summed E-state index contributed by atoms with van der Waals surface area (Å²) in [6.07, 6.45) is -0.183. The van der Waals surface area contributed by atoms with E-state index in [1.807, 2.05) is 30.3 Å². The van der Waals surface area contributed by atoms with Gasteiger partial charge in [-0.05, 0) is 36.6 Å². The molecule has 1 unspecified atom stereocenters. The average Bonchev–Trinajstić information content (AvgIpc) is 2.68. The number of benzene rings is 2. The molecule has 0 saturated heterocycles. The third-order valence-electron chi connectivity index (χ3n) is 4.24. The zero-order chi connectivity index (χ0) is 19.9. The lowest BCUT2D eigenvalue weighted by Crippen LogP contribution is -2.37. The summed E-state index contributed by atoms with van der Waals surface area (Å²) in [4.78, 5) is 24.3. The van der Waals surface area contributed by atoms with Crippen molar-refractivity contribution in [3.05, 3.63) is 58.6 Å². The fourth-order valence-corrected chi connectivity index (χ4v) is 3.13. The smallest absolute Gasteiger partial charge is 0.311 e. The molecule has 28 heavy (non-hydrogen) atoms. The predicted octanol–water partition coefficient (Wildman–Crippen LogP) is 2.94. The Kier molecular flexibility index (Phi) is 6.76. The molecule has 1 atom stereocenters. The van der Waals surface area contributed by atoms with Gasteiger partial charge in [-0.25, -0.2) is 0 Å². The first-order valence-corrected chi connectivity index (χ1v) is 9.50. The molecule has 0 spiro atoms. The van der Waals surface area contributed by atoms with Crippen LogP contribution in [0.1, 0.15) is 18.1 Å². The van der Waals surface area contributed by atoms with E-state index in [-0.39, 0.29) is 12.3 Å². The Morgan fingerprint density at radius 2 is 1.89 bits per heavy atom. The van der Waals surface area contributed by atoms with E-state index in [0.717, 1.165) is 5.56 Å². The van der Waals surface area contributed by atoms with Gasteiger partial charge in [-0.15, -0.1) is 0 Å². The normalized spacial score (nSPS) is 13.5. The van der Waals surface area contributed by atoms with Crippen molar-refractivity contribution in [3.8, 4) is 11.5 Å². The van der Waals surface area contributed by atoms with Gasteiger partial charge in [-0.3, -0.25) is 9.59 Å². The van der Waals surface area contributed by atoms with Crippen molar-refractivity contribution in [2.24, 2.45) is 0 Å². The summed E-state index contributed by atoms with van der Waals surface area (Å²) in [6.45, 7) is 2.89. The van der Waals surface area contributed by atoms with E-state index in [9.17, 15) is 9.59 Å². The maximum atomic E-state index is 12.2. The zero-order valence-corrected chi connectivity index (χ0v) is 16.3. The molecular formula is C21H22ClNO5. The topological polar surface area (TPSA) is 73.9 Å². The minimum Gasteiger partial charge on any atom is -0.486 e.